The van der Waals surface area contributed by atoms with Gasteiger partial charge < -0.3 is 14.9 Å². The molecule has 0 radical (unpaired) electrons. The van der Waals surface area contributed by atoms with Gasteiger partial charge in [-0.05, 0) is 83.6 Å². The number of hydrogen-bond donors (Lipinski definition) is 2. The number of ketones is 1. The van der Waals surface area contributed by atoms with Crippen molar-refractivity contribution in [1.29, 1.82) is 0 Å². The van der Waals surface area contributed by atoms with Crippen LogP contribution < -0.4 is 0 Å². The van der Waals surface area contributed by atoms with Gasteiger partial charge in [-0.3, -0.25) is 9.78 Å². The summed E-state index contributed by atoms with van der Waals surface area (Å²) in [5.41, 5.74) is 2.14. The van der Waals surface area contributed by atoms with Crippen molar-refractivity contribution in [2.75, 3.05) is 0 Å². The minimum Gasteiger partial charge on any atom is -0.385 e. The number of aliphatic hydroxyl groups excluding tert-OH is 2. The second-order valence-corrected chi connectivity index (χ2v) is 11.2. The number of ether oxygens (including phenoxy) is 1. The third-order valence-electron chi connectivity index (χ3n) is 9.74. The Morgan fingerprint density at radius 3 is 2.85 bits per heavy atom. The van der Waals surface area contributed by atoms with Crippen LogP contribution in [-0.4, -0.2) is 44.4 Å². The Bertz CT molecular complexity index is 1270. The minimum absolute atomic E-state index is 0.0626. The van der Waals surface area contributed by atoms with E-state index in [0.717, 1.165) is 37.7 Å². The highest BCUT2D eigenvalue weighted by molar-refractivity contribution is 5.88. The largest absolute Gasteiger partial charge is 0.385 e. The van der Waals surface area contributed by atoms with Gasteiger partial charge in [0.25, 0.3) is 0 Å². The molecule has 5 aliphatic rings. The lowest BCUT2D eigenvalue weighted by Crippen LogP contribution is -2.58. The van der Waals surface area contributed by atoms with Crippen molar-refractivity contribution < 1.29 is 19.7 Å². The lowest BCUT2D eigenvalue weighted by molar-refractivity contribution is -0.164. The first-order valence-electron chi connectivity index (χ1n) is 12.2. The second-order valence-electron chi connectivity index (χ2n) is 11.2. The molecule has 3 fully saturated rings. The Labute approximate surface area is 193 Å². The zero-order valence-electron chi connectivity index (χ0n) is 18.8. The smallest absolute Gasteiger partial charge is 0.167 e. The van der Waals surface area contributed by atoms with Crippen LogP contribution in [0.15, 0.2) is 60.0 Å². The number of carbonyl (C=O) groups excluding carboxylic acids is 1. The van der Waals surface area contributed by atoms with Crippen LogP contribution in [0.5, 0.6) is 0 Å². The van der Waals surface area contributed by atoms with Gasteiger partial charge in [-0.2, -0.15) is 0 Å². The molecule has 5 heteroatoms. The Hall–Kier alpha value is -2.34. The van der Waals surface area contributed by atoms with Gasteiger partial charge in [-0.25, -0.2) is 0 Å². The number of benzene rings is 1. The van der Waals surface area contributed by atoms with Crippen molar-refractivity contribution in [2.24, 2.45) is 11.3 Å². The Kier molecular flexibility index (Phi) is 3.90. The highest BCUT2D eigenvalue weighted by Crippen LogP contribution is 2.69. The molecule has 2 aliphatic heterocycles. The zero-order valence-corrected chi connectivity index (χ0v) is 18.8. The van der Waals surface area contributed by atoms with Crippen LogP contribution in [0.1, 0.15) is 56.9 Å². The number of rotatable bonds is 1. The molecule has 0 unspecified atom stereocenters. The summed E-state index contributed by atoms with van der Waals surface area (Å²) in [5.74, 6) is 0.484. The molecule has 2 aromatic rings. The number of Topliss-reactive ketones (excluding diaryl/α,β-unsaturated/α-hetero) is 1. The first-order chi connectivity index (χ1) is 15.9. The van der Waals surface area contributed by atoms with Crippen LogP contribution in [0.2, 0.25) is 0 Å². The maximum atomic E-state index is 12.5. The minimum atomic E-state index is -1.34. The Morgan fingerprint density at radius 1 is 1.09 bits per heavy atom. The molecule has 2 saturated carbocycles. The number of allylic oxidation sites excluding steroid dienone is 1. The van der Waals surface area contributed by atoms with Crippen molar-refractivity contribution in [1.82, 2.24) is 4.98 Å². The highest BCUT2D eigenvalue weighted by Gasteiger charge is 2.68. The van der Waals surface area contributed by atoms with Gasteiger partial charge in [-0.15, -0.1) is 0 Å². The summed E-state index contributed by atoms with van der Waals surface area (Å²) < 4.78 is 6.96. The molecule has 0 amide bonds. The van der Waals surface area contributed by atoms with Crippen molar-refractivity contribution in [3.05, 3.63) is 65.5 Å². The molecule has 7 rings (SSSR count). The van der Waals surface area contributed by atoms with Crippen molar-refractivity contribution in [3.8, 4) is 0 Å². The number of aromatic nitrogens is 1. The van der Waals surface area contributed by atoms with E-state index in [1.807, 2.05) is 12.4 Å². The van der Waals surface area contributed by atoms with E-state index < -0.39 is 23.4 Å². The quantitative estimate of drug-likeness (QED) is 0.697. The molecule has 2 N–H and O–H groups in total. The van der Waals surface area contributed by atoms with E-state index in [0.29, 0.717) is 17.4 Å². The molecule has 170 valence electrons. The zero-order chi connectivity index (χ0) is 22.6. The molecule has 1 saturated heterocycles. The lowest BCUT2D eigenvalue weighted by atomic mass is 9.58. The van der Waals surface area contributed by atoms with Gasteiger partial charge in [0.2, 0.25) is 0 Å². The molecule has 1 aromatic carbocycles. The number of carbonyl (C=O) groups is 1. The van der Waals surface area contributed by atoms with Crippen LogP contribution >= 0.6 is 0 Å². The van der Waals surface area contributed by atoms with Gasteiger partial charge >= 0.3 is 0 Å². The lowest BCUT2D eigenvalue weighted by Gasteiger charge is -2.54. The summed E-state index contributed by atoms with van der Waals surface area (Å²) in [5, 5.41) is 23.3. The van der Waals surface area contributed by atoms with Gasteiger partial charge in [0, 0.05) is 24.2 Å². The summed E-state index contributed by atoms with van der Waals surface area (Å²) >= 11 is 0. The van der Waals surface area contributed by atoms with Crippen LogP contribution in [-0.2, 0) is 9.53 Å². The van der Waals surface area contributed by atoms with Crippen molar-refractivity contribution in [2.45, 2.75) is 74.8 Å². The fourth-order valence-corrected chi connectivity index (χ4v) is 8.14. The van der Waals surface area contributed by atoms with Gasteiger partial charge in [0.05, 0.1) is 5.60 Å². The molecule has 1 aromatic heterocycles. The maximum Gasteiger partial charge on any atom is 0.167 e. The average molecular weight is 444 g/mol. The monoisotopic (exact) mass is 443 g/mol. The van der Waals surface area contributed by atoms with Crippen LogP contribution in [0.4, 0.5) is 0 Å². The number of pyridine rings is 1. The van der Waals surface area contributed by atoms with E-state index in [4.69, 9.17) is 4.74 Å². The molecule has 7 atom stereocenters. The Morgan fingerprint density at radius 2 is 1.97 bits per heavy atom. The molecule has 3 heterocycles. The summed E-state index contributed by atoms with van der Waals surface area (Å²) in [6.07, 6.45) is 10.6. The summed E-state index contributed by atoms with van der Waals surface area (Å²) in [4.78, 5) is 16.8. The highest BCUT2D eigenvalue weighted by atomic mass is 16.5. The van der Waals surface area contributed by atoms with Crippen LogP contribution in [0.3, 0.4) is 0 Å². The SMILES string of the molecule is C[C@]12CC=C3C=C4[C@H](O)[C@@H](O)C(=O)C[C@]45CC[C@]3(O5)[C@@H]1CC[C@@H]2c1ccc2ccncc2c1. The fourth-order valence-electron chi connectivity index (χ4n) is 8.14. The third kappa shape index (κ3) is 2.43. The molecule has 2 bridgehead atoms. The van der Waals surface area contributed by atoms with E-state index >= 15 is 0 Å². The van der Waals surface area contributed by atoms with E-state index in [-0.39, 0.29) is 17.6 Å². The molecule has 5 nitrogen and oxygen atoms in total. The molecular formula is C28H29NO4. The molecule has 3 aliphatic carbocycles. The predicted octanol–water partition coefficient (Wildman–Crippen LogP) is 3.99. The first kappa shape index (κ1) is 20.1. The molecule has 33 heavy (non-hydrogen) atoms. The van der Waals surface area contributed by atoms with E-state index in [9.17, 15) is 15.0 Å². The molecule has 2 spiro atoms. The summed E-state index contributed by atoms with van der Waals surface area (Å²) in [7, 11) is 0. The number of hydrogen-bond acceptors (Lipinski definition) is 5. The number of nitrogens with zero attached hydrogens (tertiary/aromatic N) is 1. The topological polar surface area (TPSA) is 79.7 Å². The van der Waals surface area contributed by atoms with Gasteiger partial charge in [0.15, 0.2) is 5.78 Å². The average Bonchev–Trinajstić information content (AvgIpc) is 3.33. The second kappa shape index (κ2) is 6.41. The predicted molar refractivity (Wildman–Crippen MR) is 124 cm³/mol. The van der Waals surface area contributed by atoms with E-state index in [1.165, 1.54) is 16.3 Å². The standard InChI is InChI=1S/C28H29NO4/c1-26-8-6-19-13-21-24(31)25(32)22(30)14-27(21)9-10-28(19,33-27)23(26)5-4-20(26)17-3-2-16-7-11-29-15-18(16)12-17/h2-3,6-7,11-13,15,20,23-25,31-32H,4-5,8-10,14H2,1H3/t20-,23-,24+,25+,26-,27-,28-/m1/s1. The van der Waals surface area contributed by atoms with Gasteiger partial charge in [-0.1, -0.05) is 31.2 Å². The van der Waals surface area contributed by atoms with Crippen LogP contribution in [0, 0.1) is 11.3 Å². The van der Waals surface area contributed by atoms with Crippen molar-refractivity contribution >= 4 is 16.6 Å². The maximum absolute atomic E-state index is 12.5. The third-order valence-corrected chi connectivity index (χ3v) is 9.74. The number of aliphatic hydroxyl groups is 2. The first-order valence-corrected chi connectivity index (χ1v) is 12.2. The number of fused-ring (bicyclic) bond motifs is 2. The van der Waals surface area contributed by atoms with Gasteiger partial charge in [0.1, 0.15) is 17.8 Å². The normalized spacial score (nSPS) is 43.5. The molecular weight excluding hydrogens is 414 g/mol. The summed E-state index contributed by atoms with van der Waals surface area (Å²) in [6, 6.07) is 8.86. The van der Waals surface area contributed by atoms with E-state index in [2.05, 4.69) is 48.3 Å². The fraction of sp³-hybridized carbons (Fsp3) is 0.500. The van der Waals surface area contributed by atoms with E-state index in [1.54, 1.807) is 0 Å². The Balaban J connectivity index is 1.31. The van der Waals surface area contributed by atoms with Crippen molar-refractivity contribution in [3.63, 3.8) is 0 Å². The summed E-state index contributed by atoms with van der Waals surface area (Å²) in [6.45, 7) is 2.42. The van der Waals surface area contributed by atoms with Crippen LogP contribution in [0.25, 0.3) is 10.8 Å².